The molecule has 0 aliphatic carbocycles. The van der Waals surface area contributed by atoms with Crippen molar-refractivity contribution in [3.8, 4) is 0 Å². The van der Waals surface area contributed by atoms with Gasteiger partial charge in [0, 0.05) is 11.6 Å². The van der Waals surface area contributed by atoms with E-state index in [0.29, 0.717) is 6.04 Å². The van der Waals surface area contributed by atoms with Crippen LogP contribution in [0.2, 0.25) is 0 Å². The lowest BCUT2D eigenvalue weighted by molar-refractivity contribution is 0.578. The third-order valence-corrected chi connectivity index (χ3v) is 2.58. The molecule has 1 aromatic heterocycles. The lowest BCUT2D eigenvalue weighted by atomic mass is 10.3. The molecule has 1 aromatic rings. The Morgan fingerprint density at radius 1 is 1.83 bits per heavy atom. The monoisotopic (exact) mass is 182 g/mol. The van der Waals surface area contributed by atoms with E-state index in [1.807, 2.05) is 17.7 Å². The highest BCUT2D eigenvalue weighted by atomic mass is 32.1. The molecular weight excluding hydrogens is 168 g/mol. The van der Waals surface area contributed by atoms with Gasteiger partial charge in [0.1, 0.15) is 5.01 Å². The molecule has 0 bridgehead atoms. The highest BCUT2D eigenvalue weighted by Gasteiger charge is 2.04. The molecule has 12 heavy (non-hydrogen) atoms. The Morgan fingerprint density at radius 2 is 2.67 bits per heavy atom. The molecule has 1 rings (SSSR count). The van der Waals surface area contributed by atoms with Gasteiger partial charge in [0.05, 0.1) is 6.04 Å². The lowest BCUT2D eigenvalue weighted by Gasteiger charge is -2.08. The zero-order chi connectivity index (χ0) is 8.81. The van der Waals surface area contributed by atoms with Crippen LogP contribution < -0.4 is 5.32 Å². The Kier molecular flexibility index (Phi) is 3.97. The maximum Gasteiger partial charge on any atom is 0.109 e. The van der Waals surface area contributed by atoms with E-state index in [0.717, 1.165) is 18.0 Å². The summed E-state index contributed by atoms with van der Waals surface area (Å²) in [6.07, 6.45) is 4.77. The Hall–Kier alpha value is -0.670. The van der Waals surface area contributed by atoms with E-state index < -0.39 is 0 Å². The topological polar surface area (TPSA) is 24.9 Å². The van der Waals surface area contributed by atoms with Crippen molar-refractivity contribution in [2.24, 2.45) is 0 Å². The fraction of sp³-hybridized carbons (Fsp3) is 0.444. The van der Waals surface area contributed by atoms with Crippen LogP contribution in [-0.2, 0) is 0 Å². The second-order valence-electron chi connectivity index (χ2n) is 2.62. The third-order valence-electron chi connectivity index (χ3n) is 1.62. The Morgan fingerprint density at radius 3 is 3.25 bits per heavy atom. The molecule has 1 unspecified atom stereocenters. The second-order valence-corrected chi connectivity index (χ2v) is 3.55. The molecule has 3 heteroatoms. The minimum absolute atomic E-state index is 0.366. The van der Waals surface area contributed by atoms with E-state index in [2.05, 4.69) is 23.8 Å². The first-order chi connectivity index (χ1) is 5.84. The number of hydrogen-bond acceptors (Lipinski definition) is 3. The van der Waals surface area contributed by atoms with Crippen LogP contribution in [0.25, 0.3) is 0 Å². The Bertz CT molecular complexity index is 218. The summed E-state index contributed by atoms with van der Waals surface area (Å²) < 4.78 is 0. The third kappa shape index (κ3) is 2.75. The van der Waals surface area contributed by atoms with Crippen LogP contribution in [0, 0.1) is 0 Å². The summed E-state index contributed by atoms with van der Waals surface area (Å²) >= 11 is 1.69. The summed E-state index contributed by atoms with van der Waals surface area (Å²) in [7, 11) is 0. The molecule has 0 fully saturated rings. The van der Waals surface area contributed by atoms with Crippen molar-refractivity contribution in [2.45, 2.75) is 19.4 Å². The fourth-order valence-electron chi connectivity index (χ4n) is 0.938. The zero-order valence-electron chi connectivity index (χ0n) is 7.29. The molecule has 0 spiro atoms. The van der Waals surface area contributed by atoms with Crippen LogP contribution in [0.4, 0.5) is 0 Å². The molecule has 1 atom stereocenters. The van der Waals surface area contributed by atoms with E-state index in [4.69, 9.17) is 0 Å². The molecular formula is C9H14N2S. The average molecular weight is 182 g/mol. The van der Waals surface area contributed by atoms with Crippen molar-refractivity contribution in [3.05, 3.63) is 29.2 Å². The first kappa shape index (κ1) is 9.42. The number of rotatable bonds is 5. The summed E-state index contributed by atoms with van der Waals surface area (Å²) in [6, 6.07) is 0.366. The molecule has 0 aliphatic heterocycles. The van der Waals surface area contributed by atoms with Gasteiger partial charge in [0.25, 0.3) is 0 Å². The van der Waals surface area contributed by atoms with Crippen LogP contribution >= 0.6 is 11.3 Å². The van der Waals surface area contributed by atoms with Crippen LogP contribution in [0.5, 0.6) is 0 Å². The van der Waals surface area contributed by atoms with E-state index in [9.17, 15) is 0 Å². The molecule has 0 saturated heterocycles. The minimum atomic E-state index is 0.366. The van der Waals surface area contributed by atoms with Crippen molar-refractivity contribution in [1.29, 1.82) is 0 Å². The van der Waals surface area contributed by atoms with Gasteiger partial charge >= 0.3 is 0 Å². The zero-order valence-corrected chi connectivity index (χ0v) is 8.10. The normalized spacial score (nSPS) is 12.8. The van der Waals surface area contributed by atoms with Gasteiger partial charge in [-0.1, -0.05) is 6.08 Å². The second kappa shape index (κ2) is 5.06. The predicted molar refractivity (Wildman–Crippen MR) is 53.3 cm³/mol. The largest absolute Gasteiger partial charge is 0.308 e. The molecule has 1 N–H and O–H groups in total. The van der Waals surface area contributed by atoms with Crippen molar-refractivity contribution in [3.63, 3.8) is 0 Å². The highest BCUT2D eigenvalue weighted by Crippen LogP contribution is 2.13. The minimum Gasteiger partial charge on any atom is -0.308 e. The number of nitrogens with one attached hydrogen (secondary N) is 1. The number of thiazole rings is 1. The van der Waals surface area contributed by atoms with Gasteiger partial charge < -0.3 is 5.32 Å². The van der Waals surface area contributed by atoms with E-state index >= 15 is 0 Å². The van der Waals surface area contributed by atoms with Crippen molar-refractivity contribution >= 4 is 11.3 Å². The van der Waals surface area contributed by atoms with Crippen LogP contribution in [0.3, 0.4) is 0 Å². The fourth-order valence-corrected chi connectivity index (χ4v) is 1.61. The van der Waals surface area contributed by atoms with Crippen LogP contribution in [-0.4, -0.2) is 11.5 Å². The summed E-state index contributed by atoms with van der Waals surface area (Å²) in [5, 5.41) is 6.52. The standard InChI is InChI=1S/C9H14N2S/c1-3-4-5-10-8(2)9-11-6-7-12-9/h3,6-8,10H,1,4-5H2,2H3. The molecule has 0 saturated carbocycles. The summed E-state index contributed by atoms with van der Waals surface area (Å²) in [6.45, 7) is 6.77. The first-order valence-corrected chi connectivity index (χ1v) is 4.96. The maximum atomic E-state index is 4.23. The van der Waals surface area contributed by atoms with E-state index in [1.165, 1.54) is 0 Å². The van der Waals surface area contributed by atoms with Gasteiger partial charge in [0.2, 0.25) is 0 Å². The van der Waals surface area contributed by atoms with Gasteiger partial charge in [0.15, 0.2) is 0 Å². The average Bonchev–Trinajstić information content (AvgIpc) is 2.56. The van der Waals surface area contributed by atoms with E-state index in [1.54, 1.807) is 11.3 Å². The predicted octanol–water partition coefficient (Wildman–Crippen LogP) is 2.37. The van der Waals surface area contributed by atoms with Gasteiger partial charge in [-0.05, 0) is 19.9 Å². The summed E-state index contributed by atoms with van der Waals surface area (Å²) in [5.41, 5.74) is 0. The van der Waals surface area contributed by atoms with Crippen molar-refractivity contribution in [1.82, 2.24) is 10.3 Å². The van der Waals surface area contributed by atoms with Crippen LogP contribution in [0.15, 0.2) is 24.2 Å². The molecule has 1 heterocycles. The molecule has 66 valence electrons. The summed E-state index contributed by atoms with van der Waals surface area (Å²) in [5.74, 6) is 0. The molecule has 0 aliphatic rings. The van der Waals surface area contributed by atoms with Gasteiger partial charge in [-0.25, -0.2) is 4.98 Å². The van der Waals surface area contributed by atoms with E-state index in [-0.39, 0.29) is 0 Å². The highest BCUT2D eigenvalue weighted by molar-refractivity contribution is 7.09. The molecule has 0 amide bonds. The lowest BCUT2D eigenvalue weighted by Crippen LogP contribution is -2.19. The van der Waals surface area contributed by atoms with Crippen LogP contribution in [0.1, 0.15) is 24.4 Å². The van der Waals surface area contributed by atoms with Crippen molar-refractivity contribution in [2.75, 3.05) is 6.54 Å². The number of hydrogen-bond donors (Lipinski definition) is 1. The number of nitrogens with zero attached hydrogens (tertiary/aromatic N) is 1. The molecule has 0 aromatic carbocycles. The molecule has 2 nitrogen and oxygen atoms in total. The van der Waals surface area contributed by atoms with Gasteiger partial charge in [-0.3, -0.25) is 0 Å². The maximum absolute atomic E-state index is 4.23. The quantitative estimate of drug-likeness (QED) is 0.558. The Balaban J connectivity index is 2.29. The van der Waals surface area contributed by atoms with Gasteiger partial charge in [-0.2, -0.15) is 0 Å². The summed E-state index contributed by atoms with van der Waals surface area (Å²) in [4.78, 5) is 4.23. The van der Waals surface area contributed by atoms with Crippen molar-refractivity contribution < 1.29 is 0 Å². The smallest absolute Gasteiger partial charge is 0.109 e. The SMILES string of the molecule is C=CCCNC(C)c1nccs1. The first-order valence-electron chi connectivity index (χ1n) is 4.08. The van der Waals surface area contributed by atoms with Gasteiger partial charge in [-0.15, -0.1) is 17.9 Å². The molecule has 0 radical (unpaired) electrons. The Labute approximate surface area is 77.3 Å². The number of aromatic nitrogens is 1.